The minimum absolute atomic E-state index is 0.179. The van der Waals surface area contributed by atoms with Crippen molar-refractivity contribution in [2.24, 2.45) is 5.73 Å². The van der Waals surface area contributed by atoms with E-state index in [1.54, 1.807) is 18.2 Å². The lowest BCUT2D eigenvalue weighted by Gasteiger charge is -2.13. The standard InChI is InChI=1S/C15H13Cl2NO2/c1-9-2-5-14(20-8-15(18)19)12(6-9)11-4-3-10(16)7-13(11)17/h2-7H,8H2,1H3,(H2,18,19). The maximum Gasteiger partial charge on any atom is 0.255 e. The van der Waals surface area contributed by atoms with E-state index in [-0.39, 0.29) is 6.61 Å². The van der Waals surface area contributed by atoms with Gasteiger partial charge in [-0.3, -0.25) is 4.79 Å². The van der Waals surface area contributed by atoms with Crippen LogP contribution < -0.4 is 10.5 Å². The number of primary amides is 1. The van der Waals surface area contributed by atoms with Gasteiger partial charge in [0, 0.05) is 16.1 Å². The quantitative estimate of drug-likeness (QED) is 0.933. The number of hydrogen-bond acceptors (Lipinski definition) is 2. The Labute approximate surface area is 127 Å². The number of ether oxygens (including phenoxy) is 1. The second-order valence-electron chi connectivity index (χ2n) is 4.38. The van der Waals surface area contributed by atoms with Crippen molar-refractivity contribution in [3.05, 3.63) is 52.0 Å². The minimum Gasteiger partial charge on any atom is -0.483 e. The van der Waals surface area contributed by atoms with E-state index in [1.165, 1.54) is 0 Å². The SMILES string of the molecule is Cc1ccc(OCC(N)=O)c(-c2ccc(Cl)cc2Cl)c1. The van der Waals surface area contributed by atoms with E-state index in [4.69, 9.17) is 33.7 Å². The lowest BCUT2D eigenvalue weighted by atomic mass is 10.0. The zero-order valence-electron chi connectivity index (χ0n) is 10.8. The molecule has 1 amide bonds. The van der Waals surface area contributed by atoms with Crippen LogP contribution in [0.2, 0.25) is 10.0 Å². The van der Waals surface area contributed by atoms with Gasteiger partial charge in [-0.15, -0.1) is 0 Å². The highest BCUT2D eigenvalue weighted by atomic mass is 35.5. The summed E-state index contributed by atoms with van der Waals surface area (Å²) in [5.74, 6) is 0.0253. The largest absolute Gasteiger partial charge is 0.483 e. The van der Waals surface area contributed by atoms with E-state index in [0.717, 1.165) is 16.7 Å². The van der Waals surface area contributed by atoms with Crippen LogP contribution in [0, 0.1) is 6.92 Å². The Kier molecular flexibility index (Phi) is 4.53. The van der Waals surface area contributed by atoms with Gasteiger partial charge in [0.1, 0.15) is 5.75 Å². The average Bonchev–Trinajstić information content (AvgIpc) is 2.37. The molecular weight excluding hydrogens is 297 g/mol. The zero-order chi connectivity index (χ0) is 14.7. The van der Waals surface area contributed by atoms with E-state index in [2.05, 4.69) is 0 Å². The minimum atomic E-state index is -0.529. The number of rotatable bonds is 4. The molecule has 5 heteroatoms. The van der Waals surface area contributed by atoms with Gasteiger partial charge in [-0.25, -0.2) is 0 Å². The molecule has 2 aromatic rings. The Bertz CT molecular complexity index is 656. The summed E-state index contributed by atoms with van der Waals surface area (Å²) in [7, 11) is 0. The van der Waals surface area contributed by atoms with E-state index in [1.807, 2.05) is 25.1 Å². The molecule has 0 unspecified atom stereocenters. The molecule has 2 aromatic carbocycles. The molecule has 0 aliphatic heterocycles. The van der Waals surface area contributed by atoms with Crippen LogP contribution >= 0.6 is 23.2 Å². The van der Waals surface area contributed by atoms with Crippen LogP contribution in [0.1, 0.15) is 5.56 Å². The highest BCUT2D eigenvalue weighted by molar-refractivity contribution is 6.36. The molecule has 0 aliphatic rings. The molecule has 2 N–H and O–H groups in total. The summed E-state index contributed by atoms with van der Waals surface area (Å²) >= 11 is 12.1. The summed E-state index contributed by atoms with van der Waals surface area (Å²) < 4.78 is 5.43. The number of carbonyl (C=O) groups excluding carboxylic acids is 1. The predicted molar refractivity (Wildman–Crippen MR) is 81.3 cm³/mol. The summed E-state index contributed by atoms with van der Waals surface area (Å²) in [6, 6.07) is 10.9. The Morgan fingerprint density at radius 3 is 2.55 bits per heavy atom. The van der Waals surface area contributed by atoms with Crippen molar-refractivity contribution in [2.45, 2.75) is 6.92 Å². The lowest BCUT2D eigenvalue weighted by Crippen LogP contribution is -2.20. The number of nitrogens with two attached hydrogens (primary N) is 1. The summed E-state index contributed by atoms with van der Waals surface area (Å²) in [6.45, 7) is 1.78. The first-order valence-corrected chi connectivity index (χ1v) is 6.70. The Morgan fingerprint density at radius 1 is 1.15 bits per heavy atom. The fraction of sp³-hybridized carbons (Fsp3) is 0.133. The monoisotopic (exact) mass is 309 g/mol. The molecule has 0 atom stereocenters. The van der Waals surface area contributed by atoms with Crippen LogP contribution in [-0.4, -0.2) is 12.5 Å². The van der Waals surface area contributed by atoms with Crippen molar-refractivity contribution in [1.82, 2.24) is 0 Å². The number of benzene rings is 2. The normalized spacial score (nSPS) is 10.3. The van der Waals surface area contributed by atoms with Gasteiger partial charge in [0.25, 0.3) is 5.91 Å². The first-order valence-electron chi connectivity index (χ1n) is 5.94. The predicted octanol–water partition coefficient (Wildman–Crippen LogP) is 3.83. The fourth-order valence-corrected chi connectivity index (χ4v) is 2.35. The van der Waals surface area contributed by atoms with Crippen LogP contribution in [0.4, 0.5) is 0 Å². The van der Waals surface area contributed by atoms with Crippen LogP contribution in [0.5, 0.6) is 5.75 Å². The summed E-state index contributed by atoms with van der Waals surface area (Å²) in [5.41, 5.74) is 7.74. The Balaban J connectivity index is 2.48. The topological polar surface area (TPSA) is 52.3 Å². The third kappa shape index (κ3) is 3.44. The average molecular weight is 310 g/mol. The van der Waals surface area contributed by atoms with Crippen LogP contribution in [-0.2, 0) is 4.79 Å². The molecule has 0 radical (unpaired) electrons. The second-order valence-corrected chi connectivity index (χ2v) is 5.22. The maximum absolute atomic E-state index is 10.9. The molecule has 0 bridgehead atoms. The summed E-state index contributed by atoms with van der Waals surface area (Å²) in [5, 5.41) is 1.08. The van der Waals surface area contributed by atoms with Gasteiger partial charge in [-0.1, -0.05) is 40.9 Å². The molecule has 20 heavy (non-hydrogen) atoms. The Hall–Kier alpha value is -1.71. The van der Waals surface area contributed by atoms with Crippen molar-refractivity contribution < 1.29 is 9.53 Å². The first kappa shape index (κ1) is 14.7. The molecule has 0 heterocycles. The number of halogens is 2. The molecular formula is C15H13Cl2NO2. The molecule has 0 saturated carbocycles. The van der Waals surface area contributed by atoms with E-state index in [0.29, 0.717) is 15.8 Å². The molecule has 0 aromatic heterocycles. The molecule has 0 aliphatic carbocycles. The molecule has 2 rings (SSSR count). The smallest absolute Gasteiger partial charge is 0.255 e. The third-order valence-electron chi connectivity index (χ3n) is 2.73. The van der Waals surface area contributed by atoms with E-state index in [9.17, 15) is 4.79 Å². The van der Waals surface area contributed by atoms with Gasteiger partial charge in [-0.2, -0.15) is 0 Å². The summed E-state index contributed by atoms with van der Waals surface area (Å²) in [6.07, 6.45) is 0. The van der Waals surface area contributed by atoms with Crippen molar-refractivity contribution in [3.63, 3.8) is 0 Å². The lowest BCUT2D eigenvalue weighted by molar-refractivity contribution is -0.119. The second kappa shape index (κ2) is 6.16. The van der Waals surface area contributed by atoms with Crippen LogP contribution in [0.25, 0.3) is 11.1 Å². The van der Waals surface area contributed by atoms with Crippen molar-refractivity contribution >= 4 is 29.1 Å². The van der Waals surface area contributed by atoms with Crippen molar-refractivity contribution in [2.75, 3.05) is 6.61 Å². The molecule has 0 spiro atoms. The molecule has 104 valence electrons. The van der Waals surface area contributed by atoms with E-state index < -0.39 is 5.91 Å². The summed E-state index contributed by atoms with van der Waals surface area (Å²) in [4.78, 5) is 10.9. The maximum atomic E-state index is 10.9. The van der Waals surface area contributed by atoms with E-state index >= 15 is 0 Å². The van der Waals surface area contributed by atoms with Gasteiger partial charge < -0.3 is 10.5 Å². The van der Waals surface area contributed by atoms with Crippen molar-refractivity contribution in [3.8, 4) is 16.9 Å². The zero-order valence-corrected chi connectivity index (χ0v) is 12.3. The van der Waals surface area contributed by atoms with Gasteiger partial charge in [0.15, 0.2) is 6.61 Å². The Morgan fingerprint density at radius 2 is 1.90 bits per heavy atom. The highest BCUT2D eigenvalue weighted by Gasteiger charge is 2.11. The fourth-order valence-electron chi connectivity index (χ4n) is 1.84. The highest BCUT2D eigenvalue weighted by Crippen LogP contribution is 2.36. The van der Waals surface area contributed by atoms with Gasteiger partial charge in [-0.05, 0) is 31.2 Å². The van der Waals surface area contributed by atoms with Crippen molar-refractivity contribution in [1.29, 1.82) is 0 Å². The number of carbonyl (C=O) groups is 1. The number of hydrogen-bond donors (Lipinski definition) is 1. The van der Waals surface area contributed by atoms with Crippen LogP contribution in [0.3, 0.4) is 0 Å². The molecule has 0 fully saturated rings. The van der Waals surface area contributed by atoms with Gasteiger partial charge in [0.2, 0.25) is 0 Å². The van der Waals surface area contributed by atoms with Crippen LogP contribution in [0.15, 0.2) is 36.4 Å². The van der Waals surface area contributed by atoms with Gasteiger partial charge >= 0.3 is 0 Å². The third-order valence-corrected chi connectivity index (χ3v) is 3.27. The molecule has 3 nitrogen and oxygen atoms in total. The first-order chi connectivity index (χ1) is 9.47. The molecule has 0 saturated heterocycles. The van der Waals surface area contributed by atoms with Gasteiger partial charge in [0.05, 0.1) is 5.02 Å². The number of amides is 1. The number of aryl methyl sites for hydroxylation is 1.